The van der Waals surface area contributed by atoms with Crippen LogP contribution < -0.4 is 0 Å². The zero-order valence-corrected chi connectivity index (χ0v) is 13.3. The highest BCUT2D eigenvalue weighted by atomic mass is 79.9. The molecule has 1 unspecified atom stereocenters. The van der Waals surface area contributed by atoms with Crippen molar-refractivity contribution in [3.8, 4) is 0 Å². The molecular formula is C17H16BrCl. The molecule has 0 saturated heterocycles. The summed E-state index contributed by atoms with van der Waals surface area (Å²) in [6.07, 6.45) is 3.69. The summed E-state index contributed by atoms with van der Waals surface area (Å²) in [7, 11) is 0. The number of hydrogen-bond acceptors (Lipinski definition) is 0. The molecule has 0 nitrogen and oxygen atoms in total. The van der Waals surface area contributed by atoms with Crippen LogP contribution in [0.3, 0.4) is 0 Å². The van der Waals surface area contributed by atoms with Crippen molar-refractivity contribution in [2.45, 2.75) is 31.6 Å². The molecule has 0 bridgehead atoms. The Bertz CT molecular complexity index is 619. The molecule has 19 heavy (non-hydrogen) atoms. The van der Waals surface area contributed by atoms with Crippen LogP contribution in [0.15, 0.2) is 40.9 Å². The van der Waals surface area contributed by atoms with Gasteiger partial charge in [0.2, 0.25) is 0 Å². The van der Waals surface area contributed by atoms with Crippen molar-refractivity contribution in [1.29, 1.82) is 0 Å². The molecule has 0 fully saturated rings. The highest BCUT2D eigenvalue weighted by Crippen LogP contribution is 2.36. The van der Waals surface area contributed by atoms with E-state index >= 15 is 0 Å². The Kier molecular flexibility index (Phi) is 3.68. The van der Waals surface area contributed by atoms with Gasteiger partial charge in [-0.1, -0.05) is 51.8 Å². The standard InChI is InChI=1S/C17H16BrCl/c1-11-5-8-16(18)15(9-11)17(19)14-7-6-12-3-2-4-13(12)10-14/h5-10,17H,2-4H2,1H3. The van der Waals surface area contributed by atoms with Crippen molar-refractivity contribution < 1.29 is 0 Å². The van der Waals surface area contributed by atoms with Crippen molar-refractivity contribution >= 4 is 27.5 Å². The van der Waals surface area contributed by atoms with E-state index in [9.17, 15) is 0 Å². The Morgan fingerprint density at radius 1 is 1.05 bits per heavy atom. The summed E-state index contributed by atoms with van der Waals surface area (Å²) in [5, 5.41) is -0.0832. The normalized spacial score (nSPS) is 15.3. The second kappa shape index (κ2) is 5.30. The summed E-state index contributed by atoms with van der Waals surface area (Å²) in [5.41, 5.74) is 6.57. The van der Waals surface area contributed by atoms with Crippen molar-refractivity contribution in [1.82, 2.24) is 0 Å². The van der Waals surface area contributed by atoms with Gasteiger partial charge in [0.25, 0.3) is 0 Å². The summed E-state index contributed by atoms with van der Waals surface area (Å²) in [6, 6.07) is 13.0. The third-order valence-corrected chi connectivity index (χ3v) is 5.05. The van der Waals surface area contributed by atoms with Crippen LogP contribution in [0.4, 0.5) is 0 Å². The average Bonchev–Trinajstić information content (AvgIpc) is 2.88. The maximum Gasteiger partial charge on any atom is 0.0846 e. The maximum absolute atomic E-state index is 6.68. The predicted molar refractivity (Wildman–Crippen MR) is 85.0 cm³/mol. The van der Waals surface area contributed by atoms with Gasteiger partial charge in [0.1, 0.15) is 0 Å². The molecule has 2 heteroatoms. The largest absolute Gasteiger partial charge is 0.113 e. The van der Waals surface area contributed by atoms with Crippen molar-refractivity contribution in [2.24, 2.45) is 0 Å². The van der Waals surface area contributed by atoms with Gasteiger partial charge in [-0.15, -0.1) is 11.6 Å². The van der Waals surface area contributed by atoms with Gasteiger partial charge < -0.3 is 0 Å². The minimum Gasteiger partial charge on any atom is -0.113 e. The fourth-order valence-electron chi connectivity index (χ4n) is 2.79. The van der Waals surface area contributed by atoms with Gasteiger partial charge in [0, 0.05) is 4.47 Å². The molecule has 1 atom stereocenters. The van der Waals surface area contributed by atoms with Crippen LogP contribution >= 0.6 is 27.5 Å². The molecule has 0 amide bonds. The molecule has 2 aromatic carbocycles. The molecule has 98 valence electrons. The van der Waals surface area contributed by atoms with Gasteiger partial charge in [-0.05, 0) is 54.5 Å². The predicted octanol–water partition coefficient (Wildman–Crippen LogP) is 5.57. The number of hydrogen-bond donors (Lipinski definition) is 0. The van der Waals surface area contributed by atoms with Crippen LogP contribution in [0.5, 0.6) is 0 Å². The molecule has 0 aliphatic heterocycles. The fourth-order valence-corrected chi connectivity index (χ4v) is 3.71. The van der Waals surface area contributed by atoms with Crippen LogP contribution in [-0.2, 0) is 12.8 Å². The Labute approximate surface area is 127 Å². The van der Waals surface area contributed by atoms with E-state index in [-0.39, 0.29) is 5.38 Å². The Morgan fingerprint density at radius 2 is 1.84 bits per heavy atom. The molecule has 0 saturated carbocycles. The van der Waals surface area contributed by atoms with Crippen LogP contribution in [0.25, 0.3) is 0 Å². The second-order valence-corrected chi connectivity index (χ2v) is 6.56. The van der Waals surface area contributed by atoms with E-state index in [0.717, 1.165) is 10.0 Å². The first-order chi connectivity index (χ1) is 9.15. The molecular weight excluding hydrogens is 320 g/mol. The SMILES string of the molecule is Cc1ccc(Br)c(C(Cl)c2ccc3c(c2)CCC3)c1. The lowest BCUT2D eigenvalue weighted by Gasteiger charge is -2.14. The summed E-state index contributed by atoms with van der Waals surface area (Å²) in [6.45, 7) is 2.10. The van der Waals surface area contributed by atoms with Crippen LogP contribution in [0.1, 0.15) is 39.6 Å². The maximum atomic E-state index is 6.68. The lowest BCUT2D eigenvalue weighted by molar-refractivity contribution is 0.911. The highest BCUT2D eigenvalue weighted by Gasteiger charge is 2.17. The molecule has 0 radical (unpaired) electrons. The zero-order chi connectivity index (χ0) is 13.4. The molecule has 0 heterocycles. The first-order valence-electron chi connectivity index (χ1n) is 6.67. The molecule has 0 aromatic heterocycles. The van der Waals surface area contributed by atoms with Crippen molar-refractivity contribution in [2.75, 3.05) is 0 Å². The van der Waals surface area contributed by atoms with E-state index in [1.54, 1.807) is 0 Å². The first-order valence-corrected chi connectivity index (χ1v) is 7.90. The van der Waals surface area contributed by atoms with Gasteiger partial charge in [-0.2, -0.15) is 0 Å². The quantitative estimate of drug-likeness (QED) is 0.629. The second-order valence-electron chi connectivity index (χ2n) is 5.27. The lowest BCUT2D eigenvalue weighted by atomic mass is 9.99. The summed E-state index contributed by atoms with van der Waals surface area (Å²) in [5.74, 6) is 0. The number of halogens is 2. The summed E-state index contributed by atoms with van der Waals surface area (Å²) < 4.78 is 1.08. The molecule has 2 aromatic rings. The zero-order valence-electron chi connectivity index (χ0n) is 10.9. The monoisotopic (exact) mass is 334 g/mol. The summed E-state index contributed by atoms with van der Waals surface area (Å²) >= 11 is 10.3. The van der Waals surface area contributed by atoms with E-state index in [1.165, 1.54) is 41.5 Å². The molecule has 1 aliphatic carbocycles. The van der Waals surface area contributed by atoms with Gasteiger partial charge in [-0.25, -0.2) is 0 Å². The minimum absolute atomic E-state index is 0.0832. The molecule has 0 N–H and O–H groups in total. The first kappa shape index (κ1) is 13.2. The fraction of sp³-hybridized carbons (Fsp3) is 0.294. The van der Waals surface area contributed by atoms with Gasteiger partial charge >= 0.3 is 0 Å². The van der Waals surface area contributed by atoms with Crippen molar-refractivity contribution in [3.63, 3.8) is 0 Å². The minimum atomic E-state index is -0.0832. The Morgan fingerprint density at radius 3 is 2.68 bits per heavy atom. The Hall–Kier alpha value is -0.790. The number of rotatable bonds is 2. The number of fused-ring (bicyclic) bond motifs is 1. The van der Waals surface area contributed by atoms with Crippen LogP contribution in [0, 0.1) is 6.92 Å². The van der Waals surface area contributed by atoms with Crippen molar-refractivity contribution in [3.05, 3.63) is 68.7 Å². The third kappa shape index (κ3) is 2.59. The smallest absolute Gasteiger partial charge is 0.0846 e. The third-order valence-electron chi connectivity index (χ3n) is 3.84. The Balaban J connectivity index is 1.99. The molecule has 0 spiro atoms. The van der Waals surface area contributed by atoms with Crippen LogP contribution in [-0.4, -0.2) is 0 Å². The van der Waals surface area contributed by atoms with Gasteiger partial charge in [0.05, 0.1) is 5.38 Å². The van der Waals surface area contributed by atoms with Crippen LogP contribution in [0.2, 0.25) is 0 Å². The van der Waals surface area contributed by atoms with E-state index in [1.807, 2.05) is 0 Å². The topological polar surface area (TPSA) is 0 Å². The van der Waals surface area contributed by atoms with Gasteiger partial charge in [0.15, 0.2) is 0 Å². The lowest BCUT2D eigenvalue weighted by Crippen LogP contribution is -1.97. The number of alkyl halides is 1. The van der Waals surface area contributed by atoms with E-state index in [4.69, 9.17) is 11.6 Å². The van der Waals surface area contributed by atoms with E-state index < -0.39 is 0 Å². The molecule has 3 rings (SSSR count). The molecule has 1 aliphatic rings. The van der Waals surface area contributed by atoms with E-state index in [2.05, 4.69) is 59.3 Å². The number of aryl methyl sites for hydroxylation is 3. The average molecular weight is 336 g/mol. The summed E-state index contributed by atoms with van der Waals surface area (Å²) in [4.78, 5) is 0. The number of benzene rings is 2. The van der Waals surface area contributed by atoms with Gasteiger partial charge in [-0.3, -0.25) is 0 Å². The highest BCUT2D eigenvalue weighted by molar-refractivity contribution is 9.10. The van der Waals surface area contributed by atoms with E-state index in [0.29, 0.717) is 0 Å².